The molecule has 1 aliphatic heterocycles. The van der Waals surface area contributed by atoms with Crippen molar-refractivity contribution in [2.45, 2.75) is 12.8 Å². The maximum Gasteiger partial charge on any atom is 0.331 e. The molecule has 0 spiro atoms. The van der Waals surface area contributed by atoms with Gasteiger partial charge in [-0.3, -0.25) is 9.59 Å². The van der Waals surface area contributed by atoms with Crippen molar-refractivity contribution in [1.29, 1.82) is 0 Å². The lowest BCUT2D eigenvalue weighted by Crippen LogP contribution is -2.23. The molecule has 1 N–H and O–H groups in total. The molecule has 0 bridgehead atoms. The van der Waals surface area contributed by atoms with E-state index in [1.54, 1.807) is 35.2 Å². The summed E-state index contributed by atoms with van der Waals surface area (Å²) in [5.41, 5.74) is 2.30. The van der Waals surface area contributed by atoms with E-state index in [4.69, 9.17) is 4.74 Å². The Morgan fingerprint density at radius 1 is 1.23 bits per heavy atom. The van der Waals surface area contributed by atoms with Crippen LogP contribution in [0.3, 0.4) is 0 Å². The fourth-order valence-corrected chi connectivity index (χ4v) is 3.19. The average molecular weight is 370 g/mol. The van der Waals surface area contributed by atoms with Gasteiger partial charge in [-0.05, 0) is 59.2 Å². The number of rotatable bonds is 6. The van der Waals surface area contributed by atoms with Crippen molar-refractivity contribution < 1.29 is 19.1 Å². The number of thiophene rings is 1. The van der Waals surface area contributed by atoms with E-state index in [1.165, 1.54) is 17.4 Å². The Hall–Kier alpha value is -2.93. The first-order valence-electron chi connectivity index (χ1n) is 8.19. The van der Waals surface area contributed by atoms with E-state index < -0.39 is 11.9 Å². The highest BCUT2D eigenvalue weighted by Gasteiger charge is 2.21. The molecule has 1 fully saturated rings. The van der Waals surface area contributed by atoms with Gasteiger partial charge in [0, 0.05) is 30.4 Å². The summed E-state index contributed by atoms with van der Waals surface area (Å²) in [5.74, 6) is -0.884. The zero-order chi connectivity index (χ0) is 18.4. The van der Waals surface area contributed by atoms with E-state index in [0.29, 0.717) is 12.1 Å². The highest BCUT2D eigenvalue weighted by Crippen LogP contribution is 2.22. The minimum atomic E-state index is -0.575. The Bertz CT molecular complexity index is 813. The third kappa shape index (κ3) is 4.80. The Labute approximate surface area is 155 Å². The summed E-state index contributed by atoms with van der Waals surface area (Å²) in [6.45, 7) is 0.360. The van der Waals surface area contributed by atoms with Crippen LogP contribution in [0.25, 0.3) is 6.08 Å². The minimum Gasteiger partial charge on any atom is -0.452 e. The van der Waals surface area contributed by atoms with Crippen LogP contribution in [0.4, 0.5) is 11.4 Å². The molecule has 1 saturated heterocycles. The lowest BCUT2D eigenvalue weighted by Gasteiger charge is -2.16. The van der Waals surface area contributed by atoms with Crippen LogP contribution in [0, 0.1) is 0 Å². The molecular formula is C19H18N2O4S. The van der Waals surface area contributed by atoms with Gasteiger partial charge >= 0.3 is 5.97 Å². The van der Waals surface area contributed by atoms with Gasteiger partial charge in [-0.15, -0.1) is 0 Å². The standard InChI is InChI=1S/C19H18N2O4S/c22-17(12-25-19(24)8-3-14-9-11-26-13-14)20-15-4-6-16(7-5-15)21-10-1-2-18(21)23/h3-9,11,13H,1-2,10,12H2,(H,20,22)/b8-3+. The van der Waals surface area contributed by atoms with Gasteiger partial charge in [0.05, 0.1) is 0 Å². The van der Waals surface area contributed by atoms with E-state index in [2.05, 4.69) is 5.32 Å². The summed E-state index contributed by atoms with van der Waals surface area (Å²) in [6, 6.07) is 8.89. The van der Waals surface area contributed by atoms with Crippen LogP contribution in [-0.2, 0) is 19.1 Å². The third-order valence-corrected chi connectivity index (χ3v) is 4.54. The number of nitrogens with one attached hydrogen (secondary N) is 1. The van der Waals surface area contributed by atoms with Crippen LogP contribution >= 0.6 is 11.3 Å². The largest absolute Gasteiger partial charge is 0.452 e. The summed E-state index contributed by atoms with van der Waals surface area (Å²) >= 11 is 1.53. The van der Waals surface area contributed by atoms with Crippen LogP contribution < -0.4 is 10.2 Å². The molecule has 2 heterocycles. The average Bonchev–Trinajstić information content (AvgIpc) is 3.30. The van der Waals surface area contributed by atoms with E-state index >= 15 is 0 Å². The molecule has 1 aromatic heterocycles. The van der Waals surface area contributed by atoms with Crippen LogP contribution in [0.5, 0.6) is 0 Å². The number of hydrogen-bond acceptors (Lipinski definition) is 5. The Morgan fingerprint density at radius 2 is 2.04 bits per heavy atom. The van der Waals surface area contributed by atoms with Crippen molar-refractivity contribution in [3.63, 3.8) is 0 Å². The molecule has 2 aromatic rings. The van der Waals surface area contributed by atoms with Crippen molar-refractivity contribution in [3.8, 4) is 0 Å². The molecule has 0 saturated carbocycles. The predicted molar refractivity (Wildman–Crippen MR) is 101 cm³/mol. The molecule has 26 heavy (non-hydrogen) atoms. The first kappa shape index (κ1) is 17.9. The zero-order valence-electron chi connectivity index (χ0n) is 14.0. The van der Waals surface area contributed by atoms with Gasteiger partial charge in [-0.2, -0.15) is 11.3 Å². The van der Waals surface area contributed by atoms with Crippen molar-refractivity contribution in [2.75, 3.05) is 23.4 Å². The van der Waals surface area contributed by atoms with Crippen molar-refractivity contribution >= 4 is 46.6 Å². The lowest BCUT2D eigenvalue weighted by atomic mass is 10.2. The number of ether oxygens (including phenoxy) is 1. The summed E-state index contributed by atoms with van der Waals surface area (Å²) in [4.78, 5) is 36.9. The van der Waals surface area contributed by atoms with Crippen molar-refractivity contribution in [3.05, 3.63) is 52.7 Å². The number of carbonyl (C=O) groups excluding carboxylic acids is 3. The second-order valence-corrected chi connectivity index (χ2v) is 6.52. The highest BCUT2D eigenvalue weighted by molar-refractivity contribution is 7.08. The van der Waals surface area contributed by atoms with Gasteiger partial charge < -0.3 is 15.0 Å². The molecule has 3 rings (SSSR count). The smallest absolute Gasteiger partial charge is 0.331 e. The third-order valence-electron chi connectivity index (χ3n) is 3.84. The monoisotopic (exact) mass is 370 g/mol. The zero-order valence-corrected chi connectivity index (χ0v) is 14.8. The molecule has 1 aromatic carbocycles. The van der Waals surface area contributed by atoms with Gasteiger partial charge in [0.25, 0.3) is 5.91 Å². The molecule has 1 aliphatic rings. The molecule has 134 valence electrons. The minimum absolute atomic E-state index is 0.115. The Balaban J connectivity index is 1.45. The summed E-state index contributed by atoms with van der Waals surface area (Å²) in [6.07, 6.45) is 4.36. The molecule has 7 heteroatoms. The van der Waals surface area contributed by atoms with Crippen LogP contribution in [0.15, 0.2) is 47.2 Å². The van der Waals surface area contributed by atoms with Gasteiger partial charge in [-0.25, -0.2) is 4.79 Å². The van der Waals surface area contributed by atoms with E-state index in [-0.39, 0.29) is 12.5 Å². The van der Waals surface area contributed by atoms with E-state index in [0.717, 1.165) is 24.2 Å². The van der Waals surface area contributed by atoms with Crippen LogP contribution in [0.2, 0.25) is 0 Å². The van der Waals surface area contributed by atoms with Crippen molar-refractivity contribution in [2.24, 2.45) is 0 Å². The number of amides is 2. The number of benzene rings is 1. The summed E-state index contributed by atoms with van der Waals surface area (Å²) in [7, 11) is 0. The van der Waals surface area contributed by atoms with E-state index in [1.807, 2.05) is 16.8 Å². The number of hydrogen-bond donors (Lipinski definition) is 1. The van der Waals surface area contributed by atoms with Crippen molar-refractivity contribution in [1.82, 2.24) is 0 Å². The first-order valence-corrected chi connectivity index (χ1v) is 9.13. The number of esters is 1. The number of nitrogens with zero attached hydrogens (tertiary/aromatic N) is 1. The second-order valence-electron chi connectivity index (χ2n) is 5.74. The quantitative estimate of drug-likeness (QED) is 0.626. The van der Waals surface area contributed by atoms with E-state index in [9.17, 15) is 14.4 Å². The molecule has 6 nitrogen and oxygen atoms in total. The molecule has 0 aliphatic carbocycles. The topological polar surface area (TPSA) is 75.7 Å². The maximum absolute atomic E-state index is 11.9. The molecule has 0 atom stereocenters. The van der Waals surface area contributed by atoms with Gasteiger partial charge in [0.1, 0.15) is 0 Å². The molecule has 0 radical (unpaired) electrons. The first-order chi connectivity index (χ1) is 12.6. The molecular weight excluding hydrogens is 352 g/mol. The summed E-state index contributed by atoms with van der Waals surface area (Å²) < 4.78 is 4.91. The van der Waals surface area contributed by atoms with Gasteiger partial charge in [-0.1, -0.05) is 0 Å². The molecule has 0 unspecified atom stereocenters. The Kier molecular flexibility index (Phi) is 5.80. The predicted octanol–water partition coefficient (Wildman–Crippen LogP) is 3.07. The lowest BCUT2D eigenvalue weighted by molar-refractivity contribution is -0.142. The van der Waals surface area contributed by atoms with Gasteiger partial charge in [0.2, 0.25) is 5.91 Å². The SMILES string of the molecule is O=C(COC(=O)/C=C/c1ccsc1)Nc1ccc(N2CCCC2=O)cc1. The fraction of sp³-hybridized carbons (Fsp3) is 0.211. The second kappa shape index (κ2) is 8.44. The molecule has 2 amide bonds. The summed E-state index contributed by atoms with van der Waals surface area (Å²) in [5, 5.41) is 6.46. The number of anilines is 2. The normalized spacial score (nSPS) is 14.0. The number of carbonyl (C=O) groups is 3. The van der Waals surface area contributed by atoms with Gasteiger partial charge in [0.15, 0.2) is 6.61 Å². The Morgan fingerprint density at radius 3 is 2.69 bits per heavy atom. The van der Waals surface area contributed by atoms with Crippen LogP contribution in [-0.4, -0.2) is 30.9 Å². The fourth-order valence-electron chi connectivity index (χ4n) is 2.56. The maximum atomic E-state index is 11.9. The highest BCUT2D eigenvalue weighted by atomic mass is 32.1. The van der Waals surface area contributed by atoms with Crippen LogP contribution in [0.1, 0.15) is 18.4 Å².